The Morgan fingerprint density at radius 1 is 1.23 bits per heavy atom. The van der Waals surface area contributed by atoms with E-state index in [0.29, 0.717) is 25.3 Å². The first kappa shape index (κ1) is 27.2. The van der Waals surface area contributed by atoms with Crippen molar-refractivity contribution in [3.8, 4) is 0 Å². The normalized spacial score (nSPS) is 20.4. The molecule has 1 aromatic heterocycles. The summed E-state index contributed by atoms with van der Waals surface area (Å²) in [5, 5.41) is 11.8. The van der Waals surface area contributed by atoms with Gasteiger partial charge in [0, 0.05) is 43.0 Å². The Hall–Kier alpha value is -0.870. The van der Waals surface area contributed by atoms with Gasteiger partial charge in [-0.3, -0.25) is 4.68 Å². The largest absolute Gasteiger partial charge is 0.383 e. The zero-order valence-electron chi connectivity index (χ0n) is 19.9. The number of nitrogens with one attached hydrogen (secondary N) is 2. The molecule has 0 aromatic carbocycles. The van der Waals surface area contributed by atoms with Gasteiger partial charge in [-0.05, 0) is 47.0 Å². The molecular formula is C22H42IN5O2. The van der Waals surface area contributed by atoms with Crippen LogP contribution in [0.2, 0.25) is 0 Å². The molecule has 0 aliphatic heterocycles. The number of hydrogen-bond donors (Lipinski definition) is 2. The van der Waals surface area contributed by atoms with Crippen LogP contribution in [-0.4, -0.2) is 54.8 Å². The van der Waals surface area contributed by atoms with Crippen molar-refractivity contribution in [1.82, 2.24) is 20.4 Å². The van der Waals surface area contributed by atoms with Gasteiger partial charge in [0.05, 0.1) is 31.5 Å². The number of nitrogens with zero attached hydrogens (tertiary/aromatic N) is 3. The fraction of sp³-hybridized carbons (Fsp3) is 0.818. The molecule has 0 spiro atoms. The van der Waals surface area contributed by atoms with Crippen LogP contribution < -0.4 is 10.6 Å². The molecule has 0 bridgehead atoms. The second kappa shape index (κ2) is 12.9. The minimum absolute atomic E-state index is 0. The lowest BCUT2D eigenvalue weighted by Crippen LogP contribution is -2.65. The number of halogens is 1. The molecule has 7 nitrogen and oxygen atoms in total. The van der Waals surface area contributed by atoms with Gasteiger partial charge in [-0.1, -0.05) is 13.8 Å². The zero-order valence-corrected chi connectivity index (χ0v) is 22.2. The van der Waals surface area contributed by atoms with Gasteiger partial charge in [-0.2, -0.15) is 5.10 Å². The smallest absolute Gasteiger partial charge is 0.191 e. The predicted octanol–water partition coefficient (Wildman–Crippen LogP) is 3.80. The van der Waals surface area contributed by atoms with Crippen molar-refractivity contribution in [3.05, 3.63) is 17.0 Å². The van der Waals surface area contributed by atoms with E-state index in [-0.39, 0.29) is 29.4 Å². The Kier molecular flexibility index (Phi) is 11.6. The van der Waals surface area contributed by atoms with Crippen LogP contribution >= 0.6 is 24.0 Å². The molecule has 1 heterocycles. The third kappa shape index (κ3) is 5.88. The van der Waals surface area contributed by atoms with E-state index < -0.39 is 0 Å². The van der Waals surface area contributed by atoms with E-state index in [1.807, 2.05) is 4.68 Å². The molecule has 1 fully saturated rings. The number of methoxy groups -OCH3 is 1. The van der Waals surface area contributed by atoms with Crippen molar-refractivity contribution in [1.29, 1.82) is 0 Å². The van der Waals surface area contributed by atoms with Crippen molar-refractivity contribution < 1.29 is 9.47 Å². The second-order valence-corrected chi connectivity index (χ2v) is 7.88. The van der Waals surface area contributed by atoms with Gasteiger partial charge >= 0.3 is 0 Å². The van der Waals surface area contributed by atoms with Gasteiger partial charge in [0.2, 0.25) is 0 Å². The van der Waals surface area contributed by atoms with Gasteiger partial charge in [0.1, 0.15) is 0 Å². The summed E-state index contributed by atoms with van der Waals surface area (Å²) in [6.07, 6.45) is 3.59. The van der Waals surface area contributed by atoms with E-state index in [2.05, 4.69) is 57.3 Å². The highest BCUT2D eigenvalue weighted by atomic mass is 127. The summed E-state index contributed by atoms with van der Waals surface area (Å²) in [5.41, 5.74) is 3.57. The first-order chi connectivity index (χ1) is 14.0. The third-order valence-corrected chi connectivity index (χ3v) is 6.56. The first-order valence-electron chi connectivity index (χ1n) is 11.1. The monoisotopic (exact) mass is 535 g/mol. The van der Waals surface area contributed by atoms with Crippen molar-refractivity contribution in [3.63, 3.8) is 0 Å². The number of aryl methyl sites for hydroxylation is 1. The summed E-state index contributed by atoms with van der Waals surface area (Å²) in [6, 6.07) is 0.387. The van der Waals surface area contributed by atoms with Gasteiger partial charge < -0.3 is 20.1 Å². The van der Waals surface area contributed by atoms with Crippen LogP contribution in [0.1, 0.15) is 63.9 Å². The average Bonchev–Trinajstić information content (AvgIpc) is 2.97. The van der Waals surface area contributed by atoms with E-state index in [1.54, 1.807) is 7.11 Å². The van der Waals surface area contributed by atoms with Crippen molar-refractivity contribution in [2.75, 3.05) is 26.9 Å². The summed E-state index contributed by atoms with van der Waals surface area (Å²) >= 11 is 0. The van der Waals surface area contributed by atoms with Gasteiger partial charge in [0.25, 0.3) is 0 Å². The number of guanidine groups is 1. The Bertz CT molecular complexity index is 673. The number of aliphatic imine (C=N–C) groups is 1. The van der Waals surface area contributed by atoms with E-state index in [1.165, 1.54) is 5.56 Å². The lowest BCUT2D eigenvalue weighted by Gasteiger charge is -2.55. The highest BCUT2D eigenvalue weighted by molar-refractivity contribution is 14.0. The molecule has 2 unspecified atom stereocenters. The minimum atomic E-state index is 0. The van der Waals surface area contributed by atoms with Crippen LogP contribution in [-0.2, 0) is 22.6 Å². The highest BCUT2D eigenvalue weighted by Crippen LogP contribution is 2.48. The van der Waals surface area contributed by atoms with Gasteiger partial charge in [-0.15, -0.1) is 24.0 Å². The van der Waals surface area contributed by atoms with Crippen LogP contribution in [0.25, 0.3) is 0 Å². The van der Waals surface area contributed by atoms with Crippen molar-refractivity contribution in [2.24, 2.45) is 10.4 Å². The minimum Gasteiger partial charge on any atom is -0.383 e. The third-order valence-electron chi connectivity index (χ3n) is 6.56. The fourth-order valence-corrected chi connectivity index (χ4v) is 4.58. The van der Waals surface area contributed by atoms with E-state index in [0.717, 1.165) is 56.3 Å². The predicted molar refractivity (Wildman–Crippen MR) is 134 cm³/mol. The van der Waals surface area contributed by atoms with Gasteiger partial charge in [-0.25, -0.2) is 4.99 Å². The molecule has 1 saturated carbocycles. The van der Waals surface area contributed by atoms with Crippen LogP contribution in [0.5, 0.6) is 0 Å². The van der Waals surface area contributed by atoms with Crippen LogP contribution in [0, 0.1) is 19.3 Å². The maximum Gasteiger partial charge on any atom is 0.191 e. The van der Waals surface area contributed by atoms with E-state index >= 15 is 0 Å². The lowest BCUT2D eigenvalue weighted by atomic mass is 9.58. The summed E-state index contributed by atoms with van der Waals surface area (Å²) in [5.74, 6) is 0.877. The quantitative estimate of drug-likeness (QED) is 0.256. The summed E-state index contributed by atoms with van der Waals surface area (Å²) < 4.78 is 13.2. The fourth-order valence-electron chi connectivity index (χ4n) is 4.58. The molecule has 0 amide bonds. The Morgan fingerprint density at radius 3 is 2.50 bits per heavy atom. The summed E-state index contributed by atoms with van der Waals surface area (Å²) in [7, 11) is 1.72. The van der Waals surface area contributed by atoms with Crippen molar-refractivity contribution in [2.45, 2.75) is 86.0 Å². The molecular weight excluding hydrogens is 493 g/mol. The number of hydrogen-bond acceptors (Lipinski definition) is 4. The summed E-state index contributed by atoms with van der Waals surface area (Å²) in [4.78, 5) is 4.90. The van der Waals surface area contributed by atoms with Crippen molar-refractivity contribution >= 4 is 29.9 Å². The summed E-state index contributed by atoms with van der Waals surface area (Å²) in [6.45, 7) is 16.6. The Balaban J connectivity index is 0.00000450. The molecule has 174 valence electrons. The van der Waals surface area contributed by atoms with E-state index in [9.17, 15) is 0 Å². The molecule has 1 aromatic rings. The van der Waals surface area contributed by atoms with Gasteiger partial charge in [0.15, 0.2) is 5.96 Å². The molecule has 0 radical (unpaired) electrons. The first-order valence-corrected chi connectivity index (χ1v) is 11.1. The number of ether oxygens (including phenoxy) is 2. The lowest BCUT2D eigenvalue weighted by molar-refractivity contribution is -0.133. The van der Waals surface area contributed by atoms with Crippen LogP contribution in [0.3, 0.4) is 0 Å². The number of rotatable bonds is 11. The molecule has 2 rings (SSSR count). The Morgan fingerprint density at radius 2 is 1.93 bits per heavy atom. The molecule has 8 heteroatoms. The topological polar surface area (TPSA) is 72.7 Å². The molecule has 1 aliphatic carbocycles. The van der Waals surface area contributed by atoms with Crippen LogP contribution in [0.4, 0.5) is 0 Å². The second-order valence-electron chi connectivity index (χ2n) is 7.88. The molecule has 2 N–H and O–H groups in total. The van der Waals surface area contributed by atoms with E-state index in [4.69, 9.17) is 14.5 Å². The SMILES string of the molecule is CCNC(=NCc1c(C)nn(CCOC)c1C)NC1CC(OCC)C1(CC)CC.I. The molecule has 0 saturated heterocycles. The highest BCUT2D eigenvalue weighted by Gasteiger charge is 2.53. The Labute approximate surface area is 199 Å². The van der Waals surface area contributed by atoms with Crippen LogP contribution in [0.15, 0.2) is 4.99 Å². The standard InChI is InChI=1S/C22H41N5O2.HI/c1-8-22(9-2)19(14-20(22)29-11-4)25-21(23-10-3)24-15-18-16(5)26-27(17(18)6)12-13-28-7;/h19-20H,8-15H2,1-7H3,(H2,23,24,25);1H. The zero-order chi connectivity index (χ0) is 21.4. The molecule has 2 atom stereocenters. The molecule has 1 aliphatic rings. The maximum atomic E-state index is 6.02. The average molecular weight is 536 g/mol. The molecule has 30 heavy (non-hydrogen) atoms. The maximum absolute atomic E-state index is 6.02. The number of aromatic nitrogens is 2.